The number of hydrogen-bond donors (Lipinski definition) is 2. The van der Waals surface area contributed by atoms with Crippen LogP contribution in [0, 0.1) is 5.92 Å². The Hall–Kier alpha value is -3.18. The number of hydrogen-bond acceptors (Lipinski definition) is 5. The number of thioether (sulfide) groups is 1. The van der Waals surface area contributed by atoms with Gasteiger partial charge in [0.15, 0.2) is 5.78 Å². The minimum atomic E-state index is -0.183. The molecule has 4 nitrogen and oxygen atoms in total. The van der Waals surface area contributed by atoms with Crippen LogP contribution < -0.4 is 15.4 Å². The average Bonchev–Trinajstić information content (AvgIpc) is 3.05. The molecular formula is C30H32N2O2S. The van der Waals surface area contributed by atoms with Crippen LogP contribution in [0.5, 0.6) is 5.75 Å². The van der Waals surface area contributed by atoms with E-state index in [9.17, 15) is 4.79 Å². The highest BCUT2D eigenvalue weighted by Crippen LogP contribution is 2.44. The van der Waals surface area contributed by atoms with Gasteiger partial charge in [-0.25, -0.2) is 0 Å². The van der Waals surface area contributed by atoms with Crippen LogP contribution in [0.2, 0.25) is 0 Å². The maximum atomic E-state index is 13.7. The molecule has 5 heteroatoms. The molecule has 0 spiro atoms. The van der Waals surface area contributed by atoms with E-state index in [1.165, 1.54) is 10.5 Å². The molecule has 2 aliphatic rings. The van der Waals surface area contributed by atoms with Crippen LogP contribution in [0.3, 0.4) is 0 Å². The molecule has 0 amide bonds. The SMILES string of the molecule is CSc1ccc(C2Nc3ccccc3NC3=C2C(=O)CC(c2ccc(OCC(C)C)cc2)C3)cc1. The van der Waals surface area contributed by atoms with Crippen LogP contribution in [-0.2, 0) is 4.79 Å². The molecule has 0 saturated heterocycles. The van der Waals surface area contributed by atoms with Gasteiger partial charge in [-0.3, -0.25) is 4.79 Å². The fraction of sp³-hybridized carbons (Fsp3) is 0.300. The quantitative estimate of drug-likeness (QED) is 0.357. The lowest BCUT2D eigenvalue weighted by molar-refractivity contribution is -0.116. The number of rotatable bonds is 6. The number of carbonyl (C=O) groups is 1. The summed E-state index contributed by atoms with van der Waals surface area (Å²) in [4.78, 5) is 14.9. The Bertz CT molecular complexity index is 1230. The number of nitrogens with one attached hydrogen (secondary N) is 2. The minimum absolute atomic E-state index is 0.137. The number of carbonyl (C=O) groups excluding carboxylic acids is 1. The predicted molar refractivity (Wildman–Crippen MR) is 145 cm³/mol. The third-order valence-electron chi connectivity index (χ3n) is 6.69. The molecule has 2 atom stereocenters. The van der Waals surface area contributed by atoms with E-state index in [0.29, 0.717) is 18.9 Å². The van der Waals surface area contributed by atoms with Crippen molar-refractivity contribution < 1.29 is 9.53 Å². The number of fused-ring (bicyclic) bond motifs is 1. The Labute approximate surface area is 212 Å². The molecule has 1 aliphatic heterocycles. The number of ether oxygens (including phenoxy) is 1. The number of allylic oxidation sites excluding steroid dienone is 1. The fourth-order valence-corrected chi connectivity index (χ4v) is 5.28. The Balaban J connectivity index is 1.47. The lowest BCUT2D eigenvalue weighted by Gasteiger charge is -2.30. The Morgan fingerprint density at radius 3 is 2.29 bits per heavy atom. The number of benzene rings is 3. The first-order valence-corrected chi connectivity index (χ1v) is 13.5. The molecule has 0 radical (unpaired) electrons. The Morgan fingerprint density at radius 1 is 0.914 bits per heavy atom. The van der Waals surface area contributed by atoms with Gasteiger partial charge in [-0.15, -0.1) is 11.8 Å². The topological polar surface area (TPSA) is 50.4 Å². The van der Waals surface area contributed by atoms with Crippen molar-refractivity contribution in [3.8, 4) is 5.75 Å². The molecule has 5 rings (SSSR count). The van der Waals surface area contributed by atoms with E-state index >= 15 is 0 Å². The minimum Gasteiger partial charge on any atom is -0.493 e. The highest BCUT2D eigenvalue weighted by Gasteiger charge is 2.36. The van der Waals surface area contributed by atoms with Gasteiger partial charge in [-0.05, 0) is 72.0 Å². The molecule has 2 unspecified atom stereocenters. The molecule has 1 heterocycles. The normalized spacial score (nSPS) is 19.4. The third-order valence-corrected chi connectivity index (χ3v) is 7.44. The van der Waals surface area contributed by atoms with Gasteiger partial charge in [-0.1, -0.05) is 50.2 Å². The van der Waals surface area contributed by atoms with Gasteiger partial charge in [-0.2, -0.15) is 0 Å². The van der Waals surface area contributed by atoms with Gasteiger partial charge < -0.3 is 15.4 Å². The highest BCUT2D eigenvalue weighted by molar-refractivity contribution is 7.98. The standard InChI is InChI=1S/C30H32N2O2S/c1-19(2)18-34-23-12-8-20(9-13-23)22-16-27-29(28(33)17-22)30(21-10-14-24(35-3)15-11-21)32-26-7-5-4-6-25(26)31-27/h4-15,19,22,30-32H,16-18H2,1-3H3. The number of ketones is 1. The summed E-state index contributed by atoms with van der Waals surface area (Å²) >= 11 is 1.72. The third kappa shape index (κ3) is 5.10. The van der Waals surface area contributed by atoms with Crippen LogP contribution in [0.25, 0.3) is 0 Å². The number of Topliss-reactive ketones (excluding diaryl/α,β-unsaturated/α-hetero) is 1. The van der Waals surface area contributed by atoms with E-state index in [4.69, 9.17) is 4.74 Å². The van der Waals surface area contributed by atoms with Gasteiger partial charge in [0.05, 0.1) is 24.0 Å². The van der Waals surface area contributed by atoms with Gasteiger partial charge in [0.2, 0.25) is 0 Å². The monoisotopic (exact) mass is 484 g/mol. The van der Waals surface area contributed by atoms with E-state index in [0.717, 1.165) is 40.4 Å². The molecule has 2 N–H and O–H groups in total. The number of para-hydroxylation sites is 2. The second kappa shape index (κ2) is 10.2. The molecule has 180 valence electrons. The van der Waals surface area contributed by atoms with Crippen LogP contribution in [-0.4, -0.2) is 18.6 Å². The van der Waals surface area contributed by atoms with E-state index in [1.807, 2.05) is 24.3 Å². The van der Waals surface area contributed by atoms with Crippen molar-refractivity contribution in [1.82, 2.24) is 0 Å². The van der Waals surface area contributed by atoms with Crippen LogP contribution in [0.4, 0.5) is 11.4 Å². The predicted octanol–water partition coefficient (Wildman–Crippen LogP) is 7.42. The van der Waals surface area contributed by atoms with Crippen molar-refractivity contribution in [3.63, 3.8) is 0 Å². The fourth-order valence-electron chi connectivity index (χ4n) is 4.87. The molecule has 3 aromatic rings. The first kappa shape index (κ1) is 23.6. The lowest BCUT2D eigenvalue weighted by Crippen LogP contribution is -2.26. The highest BCUT2D eigenvalue weighted by atomic mass is 32.2. The van der Waals surface area contributed by atoms with Gasteiger partial charge >= 0.3 is 0 Å². The summed E-state index contributed by atoms with van der Waals surface area (Å²) < 4.78 is 5.85. The molecule has 35 heavy (non-hydrogen) atoms. The first-order valence-electron chi connectivity index (χ1n) is 12.3. The molecule has 0 saturated carbocycles. The summed E-state index contributed by atoms with van der Waals surface area (Å²) in [5.74, 6) is 1.70. The van der Waals surface area contributed by atoms with E-state index in [2.05, 4.69) is 79.3 Å². The summed E-state index contributed by atoms with van der Waals surface area (Å²) in [6.07, 6.45) is 3.38. The van der Waals surface area contributed by atoms with Crippen molar-refractivity contribution in [2.75, 3.05) is 23.5 Å². The van der Waals surface area contributed by atoms with Crippen LogP contribution in [0.1, 0.15) is 49.8 Å². The zero-order valence-corrected chi connectivity index (χ0v) is 21.3. The molecule has 0 bridgehead atoms. The average molecular weight is 485 g/mol. The maximum Gasteiger partial charge on any atom is 0.163 e. The summed E-state index contributed by atoms with van der Waals surface area (Å²) in [7, 11) is 0. The van der Waals surface area contributed by atoms with E-state index in [-0.39, 0.29) is 17.7 Å². The number of anilines is 2. The lowest BCUT2D eigenvalue weighted by atomic mass is 9.78. The Kier molecular flexibility index (Phi) is 6.87. The Morgan fingerprint density at radius 2 is 1.60 bits per heavy atom. The van der Waals surface area contributed by atoms with Crippen molar-refractivity contribution in [1.29, 1.82) is 0 Å². The van der Waals surface area contributed by atoms with Crippen LogP contribution >= 0.6 is 11.8 Å². The zero-order chi connectivity index (χ0) is 24.4. The second-order valence-corrected chi connectivity index (χ2v) is 10.6. The van der Waals surface area contributed by atoms with E-state index in [1.54, 1.807) is 11.8 Å². The zero-order valence-electron chi connectivity index (χ0n) is 20.5. The largest absolute Gasteiger partial charge is 0.493 e. The van der Waals surface area contributed by atoms with E-state index < -0.39 is 0 Å². The molecule has 1 aliphatic carbocycles. The van der Waals surface area contributed by atoms with Crippen molar-refractivity contribution in [2.24, 2.45) is 5.92 Å². The first-order chi connectivity index (χ1) is 17.0. The summed E-state index contributed by atoms with van der Waals surface area (Å²) in [6.45, 7) is 4.99. The van der Waals surface area contributed by atoms with Gasteiger partial charge in [0.25, 0.3) is 0 Å². The van der Waals surface area contributed by atoms with Gasteiger partial charge in [0, 0.05) is 22.6 Å². The summed E-state index contributed by atoms with van der Waals surface area (Å²) in [6, 6.07) is 24.8. The second-order valence-electron chi connectivity index (χ2n) is 9.72. The van der Waals surface area contributed by atoms with Crippen molar-refractivity contribution in [3.05, 3.63) is 95.2 Å². The van der Waals surface area contributed by atoms with Crippen molar-refractivity contribution in [2.45, 2.75) is 43.5 Å². The van der Waals surface area contributed by atoms with Crippen LogP contribution in [0.15, 0.2) is 89.0 Å². The van der Waals surface area contributed by atoms with Gasteiger partial charge in [0.1, 0.15) is 5.75 Å². The smallest absolute Gasteiger partial charge is 0.163 e. The molecule has 0 aromatic heterocycles. The maximum absolute atomic E-state index is 13.7. The summed E-state index contributed by atoms with van der Waals surface area (Å²) in [5.41, 5.74) is 6.17. The summed E-state index contributed by atoms with van der Waals surface area (Å²) in [5, 5.41) is 7.29. The van der Waals surface area contributed by atoms with Crippen molar-refractivity contribution >= 4 is 28.9 Å². The molecular weight excluding hydrogens is 452 g/mol. The molecule has 3 aromatic carbocycles. The molecule has 0 fully saturated rings.